The SMILES string of the molecule is ClC1=CC(Cl)(I)C=NC1. The molecule has 50 valence electrons. The molecule has 1 rings (SSSR count). The minimum absolute atomic E-state index is 0.493. The molecule has 0 saturated carbocycles. The summed E-state index contributed by atoms with van der Waals surface area (Å²) in [4.78, 5) is 3.95. The zero-order valence-corrected chi connectivity index (χ0v) is 8.11. The van der Waals surface area contributed by atoms with Gasteiger partial charge in [-0.2, -0.15) is 0 Å². The maximum atomic E-state index is 5.84. The van der Waals surface area contributed by atoms with Crippen LogP contribution in [-0.4, -0.2) is 15.6 Å². The van der Waals surface area contributed by atoms with Crippen molar-refractivity contribution < 1.29 is 0 Å². The monoisotopic (exact) mass is 275 g/mol. The van der Waals surface area contributed by atoms with Crippen LogP contribution in [0.3, 0.4) is 0 Å². The van der Waals surface area contributed by atoms with Gasteiger partial charge in [0.1, 0.15) is 2.88 Å². The van der Waals surface area contributed by atoms with E-state index in [9.17, 15) is 0 Å². The standard InChI is InChI=1S/C5H4Cl2IN/c6-4-1-5(7,8)3-9-2-4/h1,3H,2H2. The van der Waals surface area contributed by atoms with Gasteiger partial charge in [0, 0.05) is 11.2 Å². The highest BCUT2D eigenvalue weighted by Crippen LogP contribution is 2.28. The van der Waals surface area contributed by atoms with E-state index in [1.165, 1.54) is 0 Å². The van der Waals surface area contributed by atoms with Crippen LogP contribution in [0.5, 0.6) is 0 Å². The first-order chi connectivity index (χ1) is 4.10. The summed E-state index contributed by atoms with van der Waals surface area (Å²) in [6, 6.07) is 0. The average Bonchev–Trinajstić information content (AvgIpc) is 1.60. The van der Waals surface area contributed by atoms with Crippen LogP contribution in [0.25, 0.3) is 0 Å². The molecule has 1 aliphatic rings. The summed E-state index contributed by atoms with van der Waals surface area (Å²) in [6.45, 7) is 0.568. The normalized spacial score (nSPS) is 34.3. The third-order valence-electron chi connectivity index (χ3n) is 0.855. The first kappa shape index (κ1) is 7.82. The Bertz CT molecular complexity index is 174. The van der Waals surface area contributed by atoms with Crippen LogP contribution in [0.1, 0.15) is 0 Å². The quantitative estimate of drug-likeness (QED) is 0.476. The van der Waals surface area contributed by atoms with E-state index in [0.29, 0.717) is 11.6 Å². The van der Waals surface area contributed by atoms with Crippen LogP contribution in [0.15, 0.2) is 16.1 Å². The highest BCUT2D eigenvalue weighted by Gasteiger charge is 2.20. The topological polar surface area (TPSA) is 12.4 Å². The van der Waals surface area contributed by atoms with Crippen molar-refractivity contribution in [2.45, 2.75) is 2.88 Å². The molecule has 1 aliphatic heterocycles. The van der Waals surface area contributed by atoms with Crippen LogP contribution >= 0.6 is 45.8 Å². The molecule has 0 aromatic carbocycles. The highest BCUT2D eigenvalue weighted by atomic mass is 127. The summed E-state index contributed by atoms with van der Waals surface area (Å²) in [6.07, 6.45) is 3.46. The lowest BCUT2D eigenvalue weighted by molar-refractivity contribution is 1.16. The summed E-state index contributed by atoms with van der Waals surface area (Å²) in [7, 11) is 0. The van der Waals surface area contributed by atoms with Crippen LogP contribution < -0.4 is 0 Å². The van der Waals surface area contributed by atoms with Crippen molar-refractivity contribution in [3.63, 3.8) is 0 Å². The summed E-state index contributed by atoms with van der Waals surface area (Å²) in [5, 5.41) is 0.710. The fourth-order valence-corrected chi connectivity index (χ4v) is 1.80. The van der Waals surface area contributed by atoms with Crippen LogP contribution in [0.2, 0.25) is 0 Å². The molecule has 0 amide bonds. The lowest BCUT2D eigenvalue weighted by Gasteiger charge is -2.13. The molecule has 0 bridgehead atoms. The molecule has 0 spiro atoms. The number of aliphatic imine (C=N–C) groups is 1. The van der Waals surface area contributed by atoms with Crippen molar-refractivity contribution in [3.8, 4) is 0 Å². The van der Waals surface area contributed by atoms with E-state index in [4.69, 9.17) is 23.2 Å². The van der Waals surface area contributed by atoms with E-state index in [1.807, 2.05) is 0 Å². The van der Waals surface area contributed by atoms with Gasteiger partial charge >= 0.3 is 0 Å². The molecule has 0 fully saturated rings. The number of hydrogen-bond donors (Lipinski definition) is 0. The van der Waals surface area contributed by atoms with Gasteiger partial charge < -0.3 is 0 Å². The van der Waals surface area contributed by atoms with Crippen molar-refractivity contribution in [3.05, 3.63) is 11.1 Å². The molecular formula is C5H4Cl2IN. The number of alkyl halides is 2. The van der Waals surface area contributed by atoms with Crippen molar-refractivity contribution in [2.75, 3.05) is 6.54 Å². The smallest absolute Gasteiger partial charge is 0.149 e. The van der Waals surface area contributed by atoms with Crippen LogP contribution in [-0.2, 0) is 0 Å². The Morgan fingerprint density at radius 2 is 2.44 bits per heavy atom. The summed E-state index contributed by atoms with van der Waals surface area (Å²) >= 11 is 13.6. The Morgan fingerprint density at radius 1 is 1.78 bits per heavy atom. The molecule has 1 atom stereocenters. The first-order valence-corrected chi connectivity index (χ1v) is 4.20. The van der Waals surface area contributed by atoms with Gasteiger partial charge in [0.2, 0.25) is 0 Å². The number of allylic oxidation sites excluding steroid dienone is 1. The molecule has 0 radical (unpaired) electrons. The molecule has 1 heterocycles. The number of hydrogen-bond acceptors (Lipinski definition) is 1. The Hall–Kier alpha value is 0.720. The molecule has 0 saturated heterocycles. The molecule has 0 aliphatic carbocycles. The van der Waals surface area contributed by atoms with Gasteiger partial charge in [-0.3, -0.25) is 4.99 Å². The van der Waals surface area contributed by atoms with E-state index < -0.39 is 2.88 Å². The fourth-order valence-electron chi connectivity index (χ4n) is 0.546. The maximum absolute atomic E-state index is 5.84. The van der Waals surface area contributed by atoms with Crippen molar-refractivity contribution in [1.82, 2.24) is 0 Å². The lowest BCUT2D eigenvalue weighted by Crippen LogP contribution is -2.14. The van der Waals surface area contributed by atoms with Gasteiger partial charge in [0.25, 0.3) is 0 Å². The zero-order valence-electron chi connectivity index (χ0n) is 4.44. The predicted octanol–water partition coefficient (Wildman–Crippen LogP) is 2.56. The van der Waals surface area contributed by atoms with Gasteiger partial charge in [0.05, 0.1) is 6.54 Å². The lowest BCUT2D eigenvalue weighted by atomic mass is 10.3. The zero-order chi connectivity index (χ0) is 6.91. The van der Waals surface area contributed by atoms with Crippen LogP contribution in [0.4, 0.5) is 0 Å². The predicted molar refractivity (Wildman–Crippen MR) is 49.9 cm³/mol. The second-order valence-electron chi connectivity index (χ2n) is 1.74. The molecule has 4 heteroatoms. The average molecular weight is 276 g/mol. The Morgan fingerprint density at radius 3 is 2.78 bits per heavy atom. The molecule has 0 aromatic rings. The molecule has 9 heavy (non-hydrogen) atoms. The molecular weight excluding hydrogens is 272 g/mol. The third-order valence-corrected chi connectivity index (χ3v) is 1.88. The number of nitrogens with zero attached hydrogens (tertiary/aromatic N) is 1. The first-order valence-electron chi connectivity index (χ1n) is 2.36. The van der Waals surface area contributed by atoms with E-state index in [0.717, 1.165) is 0 Å². The number of halogens is 3. The minimum atomic E-state index is -0.493. The largest absolute Gasteiger partial charge is 0.289 e. The minimum Gasteiger partial charge on any atom is -0.289 e. The van der Waals surface area contributed by atoms with Gasteiger partial charge in [-0.05, 0) is 28.7 Å². The van der Waals surface area contributed by atoms with Crippen molar-refractivity contribution in [1.29, 1.82) is 0 Å². The fraction of sp³-hybridized carbons (Fsp3) is 0.400. The van der Waals surface area contributed by atoms with E-state index in [-0.39, 0.29) is 0 Å². The van der Waals surface area contributed by atoms with Gasteiger partial charge in [-0.1, -0.05) is 23.2 Å². The number of dihydropyridines is 1. The Balaban J connectivity index is 2.78. The van der Waals surface area contributed by atoms with Crippen molar-refractivity contribution in [2.24, 2.45) is 4.99 Å². The second kappa shape index (κ2) is 2.76. The Kier molecular flexibility index (Phi) is 2.40. The molecule has 0 aromatic heterocycles. The summed E-state index contributed by atoms with van der Waals surface area (Å²) < 4.78 is -0.493. The van der Waals surface area contributed by atoms with Crippen molar-refractivity contribution >= 4 is 52.0 Å². The van der Waals surface area contributed by atoms with Gasteiger partial charge in [0.15, 0.2) is 0 Å². The summed E-state index contributed by atoms with van der Waals surface area (Å²) in [5.74, 6) is 0. The summed E-state index contributed by atoms with van der Waals surface area (Å²) in [5.41, 5.74) is 0. The number of rotatable bonds is 0. The van der Waals surface area contributed by atoms with Gasteiger partial charge in [-0.15, -0.1) is 0 Å². The van der Waals surface area contributed by atoms with Crippen LogP contribution in [0, 0.1) is 0 Å². The second-order valence-corrected chi connectivity index (χ2v) is 5.27. The van der Waals surface area contributed by atoms with Gasteiger partial charge in [-0.25, -0.2) is 0 Å². The van der Waals surface area contributed by atoms with E-state index in [1.54, 1.807) is 12.3 Å². The van der Waals surface area contributed by atoms with E-state index in [2.05, 4.69) is 27.6 Å². The molecule has 1 nitrogen and oxygen atoms in total. The highest BCUT2D eigenvalue weighted by molar-refractivity contribution is 14.1. The Labute approximate surface area is 77.3 Å². The maximum Gasteiger partial charge on any atom is 0.149 e. The molecule has 1 unspecified atom stereocenters. The third kappa shape index (κ3) is 2.43. The van der Waals surface area contributed by atoms with E-state index >= 15 is 0 Å². The molecule has 0 N–H and O–H groups in total.